The predicted molar refractivity (Wildman–Crippen MR) is 49.9 cm³/mol. The van der Waals surface area contributed by atoms with Crippen molar-refractivity contribution >= 4 is 12.1 Å². The van der Waals surface area contributed by atoms with Crippen molar-refractivity contribution < 1.29 is 24.1 Å². The van der Waals surface area contributed by atoms with E-state index in [1.54, 1.807) is 6.92 Å². The van der Waals surface area contributed by atoms with E-state index in [0.29, 0.717) is 13.1 Å². The number of nitrogens with zero attached hydrogens (tertiary/aromatic N) is 1. The maximum Gasteiger partial charge on any atom is 0.441 e. The highest BCUT2D eigenvalue weighted by atomic mass is 17.2. The highest BCUT2D eigenvalue weighted by molar-refractivity contribution is 5.71. The van der Waals surface area contributed by atoms with Gasteiger partial charge in [-0.05, 0) is 19.8 Å². The van der Waals surface area contributed by atoms with Crippen molar-refractivity contribution in [3.05, 3.63) is 0 Å². The first-order chi connectivity index (χ1) is 7.24. The highest BCUT2D eigenvalue weighted by Crippen LogP contribution is 2.08. The van der Waals surface area contributed by atoms with E-state index < -0.39 is 12.1 Å². The summed E-state index contributed by atoms with van der Waals surface area (Å²) in [7, 11) is 0. The normalized spacial score (nSPS) is 15.1. The molecule has 0 radical (unpaired) electrons. The summed E-state index contributed by atoms with van der Waals surface area (Å²) < 4.78 is 4.58. The number of carbonyl (C=O) groups is 2. The summed E-state index contributed by atoms with van der Waals surface area (Å²) in [4.78, 5) is 32.4. The van der Waals surface area contributed by atoms with Gasteiger partial charge in [-0.1, -0.05) is 0 Å². The van der Waals surface area contributed by atoms with Crippen molar-refractivity contribution in [3.63, 3.8) is 0 Å². The van der Waals surface area contributed by atoms with Crippen LogP contribution in [0.15, 0.2) is 0 Å². The van der Waals surface area contributed by atoms with Gasteiger partial charge in [0.25, 0.3) is 0 Å². The predicted octanol–water partition coefficient (Wildman–Crippen LogP) is 0.714. The maximum absolute atomic E-state index is 11.2. The lowest BCUT2D eigenvalue weighted by molar-refractivity contribution is -0.247. The van der Waals surface area contributed by atoms with Crippen LogP contribution in [-0.2, 0) is 19.3 Å². The Kier molecular flexibility index (Phi) is 4.89. The molecule has 1 aliphatic heterocycles. The second-order valence-electron chi connectivity index (χ2n) is 3.11. The summed E-state index contributed by atoms with van der Waals surface area (Å²) in [6.45, 7) is 2.97. The van der Waals surface area contributed by atoms with E-state index in [1.807, 2.05) is 0 Å². The van der Waals surface area contributed by atoms with E-state index in [-0.39, 0.29) is 13.2 Å². The Morgan fingerprint density at radius 3 is 2.53 bits per heavy atom. The molecule has 6 heteroatoms. The smallest absolute Gasteiger partial charge is 0.441 e. The van der Waals surface area contributed by atoms with Crippen molar-refractivity contribution in [2.75, 3.05) is 26.3 Å². The standard InChI is InChI=1S/C9H15NO5/c1-2-13-8(11)7-14-15-9(12)10-5-3-4-6-10/h2-7H2,1H3. The van der Waals surface area contributed by atoms with E-state index >= 15 is 0 Å². The Balaban J connectivity index is 2.08. The molecule has 1 saturated heterocycles. The SMILES string of the molecule is CCOC(=O)COOC(=O)N1CCCC1. The van der Waals surface area contributed by atoms with Crippen LogP contribution in [0.1, 0.15) is 19.8 Å². The molecule has 0 aromatic rings. The minimum Gasteiger partial charge on any atom is -0.464 e. The van der Waals surface area contributed by atoms with E-state index in [0.717, 1.165) is 12.8 Å². The van der Waals surface area contributed by atoms with Crippen LogP contribution < -0.4 is 0 Å². The first kappa shape index (κ1) is 11.8. The zero-order valence-corrected chi connectivity index (χ0v) is 8.73. The molecule has 1 rings (SSSR count). The third kappa shape index (κ3) is 4.16. The topological polar surface area (TPSA) is 65.1 Å². The molecule has 0 bridgehead atoms. The number of likely N-dealkylation sites (tertiary alicyclic amines) is 1. The van der Waals surface area contributed by atoms with Crippen molar-refractivity contribution in [2.24, 2.45) is 0 Å². The fraction of sp³-hybridized carbons (Fsp3) is 0.778. The molecule has 1 amide bonds. The molecule has 1 fully saturated rings. The number of carbonyl (C=O) groups excluding carboxylic acids is 2. The van der Waals surface area contributed by atoms with Crippen LogP contribution in [0.4, 0.5) is 4.79 Å². The van der Waals surface area contributed by atoms with Gasteiger partial charge in [0.15, 0.2) is 6.61 Å². The molecule has 0 saturated carbocycles. The number of hydrogen-bond donors (Lipinski definition) is 0. The molecular formula is C9H15NO5. The molecule has 0 aromatic carbocycles. The number of rotatable bonds is 4. The third-order valence-electron chi connectivity index (χ3n) is 1.98. The molecular weight excluding hydrogens is 202 g/mol. The van der Waals surface area contributed by atoms with Crippen molar-refractivity contribution in [1.29, 1.82) is 0 Å². The first-order valence-corrected chi connectivity index (χ1v) is 4.98. The molecule has 86 valence electrons. The monoisotopic (exact) mass is 217 g/mol. The Morgan fingerprint density at radius 2 is 1.93 bits per heavy atom. The van der Waals surface area contributed by atoms with Gasteiger partial charge in [0.2, 0.25) is 0 Å². The lowest BCUT2D eigenvalue weighted by Crippen LogP contribution is -2.29. The summed E-state index contributed by atoms with van der Waals surface area (Å²) in [5.41, 5.74) is 0. The summed E-state index contributed by atoms with van der Waals surface area (Å²) in [6, 6.07) is 0. The molecule has 0 spiro atoms. The molecule has 1 aliphatic rings. The van der Waals surface area contributed by atoms with E-state index in [4.69, 9.17) is 0 Å². The molecule has 6 nitrogen and oxygen atoms in total. The average Bonchev–Trinajstić information content (AvgIpc) is 2.70. The van der Waals surface area contributed by atoms with Gasteiger partial charge in [-0.2, -0.15) is 4.89 Å². The first-order valence-electron chi connectivity index (χ1n) is 4.98. The summed E-state index contributed by atoms with van der Waals surface area (Å²) in [5.74, 6) is -0.549. The van der Waals surface area contributed by atoms with Crippen molar-refractivity contribution in [1.82, 2.24) is 4.90 Å². The molecule has 0 unspecified atom stereocenters. The van der Waals surface area contributed by atoms with Crippen LogP contribution in [-0.4, -0.2) is 43.3 Å². The Morgan fingerprint density at radius 1 is 1.27 bits per heavy atom. The lowest BCUT2D eigenvalue weighted by Gasteiger charge is -2.12. The van der Waals surface area contributed by atoms with E-state index in [2.05, 4.69) is 14.5 Å². The van der Waals surface area contributed by atoms with Crippen molar-refractivity contribution in [3.8, 4) is 0 Å². The second-order valence-corrected chi connectivity index (χ2v) is 3.11. The summed E-state index contributed by atoms with van der Waals surface area (Å²) in [6.07, 6.45) is 1.41. The van der Waals surface area contributed by atoms with Gasteiger partial charge in [0.1, 0.15) is 0 Å². The van der Waals surface area contributed by atoms with Crippen LogP contribution in [0.5, 0.6) is 0 Å². The van der Waals surface area contributed by atoms with Gasteiger partial charge in [-0.15, -0.1) is 0 Å². The summed E-state index contributed by atoms with van der Waals surface area (Å²) >= 11 is 0. The van der Waals surface area contributed by atoms with E-state index in [1.165, 1.54) is 4.90 Å². The Hall–Kier alpha value is -1.30. The number of amides is 1. The molecule has 0 N–H and O–H groups in total. The van der Waals surface area contributed by atoms with Crippen LogP contribution in [0.3, 0.4) is 0 Å². The minimum atomic E-state index is -0.549. The number of esters is 1. The number of ether oxygens (including phenoxy) is 1. The Labute approximate surface area is 88.0 Å². The van der Waals surface area contributed by atoms with Gasteiger partial charge in [-0.25, -0.2) is 9.59 Å². The molecule has 0 aromatic heterocycles. The van der Waals surface area contributed by atoms with Crippen molar-refractivity contribution in [2.45, 2.75) is 19.8 Å². The van der Waals surface area contributed by atoms with Gasteiger partial charge >= 0.3 is 12.1 Å². The Bertz CT molecular complexity index is 225. The maximum atomic E-state index is 11.2. The molecule has 0 atom stereocenters. The molecule has 0 aliphatic carbocycles. The fourth-order valence-electron chi connectivity index (χ4n) is 1.28. The zero-order valence-electron chi connectivity index (χ0n) is 8.73. The fourth-order valence-corrected chi connectivity index (χ4v) is 1.28. The molecule has 15 heavy (non-hydrogen) atoms. The second kappa shape index (κ2) is 6.23. The molecule has 1 heterocycles. The third-order valence-corrected chi connectivity index (χ3v) is 1.98. The zero-order chi connectivity index (χ0) is 11.1. The van der Waals surface area contributed by atoms with Gasteiger partial charge < -0.3 is 9.64 Å². The largest absolute Gasteiger partial charge is 0.464 e. The highest BCUT2D eigenvalue weighted by Gasteiger charge is 2.20. The quantitative estimate of drug-likeness (QED) is 0.394. The van der Waals surface area contributed by atoms with Gasteiger partial charge in [0, 0.05) is 13.1 Å². The summed E-state index contributed by atoms with van der Waals surface area (Å²) in [5, 5.41) is 0. The van der Waals surface area contributed by atoms with Gasteiger partial charge in [-0.3, -0.25) is 4.89 Å². The van der Waals surface area contributed by atoms with Crippen LogP contribution >= 0.6 is 0 Å². The lowest BCUT2D eigenvalue weighted by atomic mass is 10.4. The minimum absolute atomic E-state index is 0.280. The van der Waals surface area contributed by atoms with E-state index in [9.17, 15) is 9.59 Å². The number of hydrogen-bond acceptors (Lipinski definition) is 5. The van der Waals surface area contributed by atoms with Crippen LogP contribution in [0.25, 0.3) is 0 Å². The average molecular weight is 217 g/mol. The van der Waals surface area contributed by atoms with Gasteiger partial charge in [0.05, 0.1) is 6.61 Å². The van der Waals surface area contributed by atoms with Crippen LogP contribution in [0.2, 0.25) is 0 Å². The van der Waals surface area contributed by atoms with Crippen LogP contribution in [0, 0.1) is 0 Å².